The van der Waals surface area contributed by atoms with E-state index in [-0.39, 0.29) is 10.8 Å². The molecule has 3 aliphatic rings. The maximum atomic E-state index is 6.62. The van der Waals surface area contributed by atoms with Crippen molar-refractivity contribution in [1.29, 1.82) is 0 Å². The fourth-order valence-electron chi connectivity index (χ4n) is 9.42. The van der Waals surface area contributed by atoms with Gasteiger partial charge in [0.25, 0.3) is 0 Å². The monoisotopic (exact) mass is 672 g/mol. The molecule has 0 amide bonds. The van der Waals surface area contributed by atoms with E-state index in [0.717, 1.165) is 11.5 Å². The first-order valence-electron chi connectivity index (χ1n) is 18.8. The number of aryl methyl sites for hydroxylation is 2. The van der Waals surface area contributed by atoms with Crippen molar-refractivity contribution >= 4 is 10.8 Å². The zero-order chi connectivity index (χ0) is 35.9. The van der Waals surface area contributed by atoms with Gasteiger partial charge in [0, 0.05) is 10.9 Å². The van der Waals surface area contributed by atoms with Gasteiger partial charge in [-0.3, -0.25) is 0 Å². The lowest BCUT2D eigenvalue weighted by molar-refractivity contribution is 0.486. The third kappa shape index (κ3) is 4.11. The number of rotatable bonds is 1. The van der Waals surface area contributed by atoms with Crippen molar-refractivity contribution in [2.75, 3.05) is 0 Å². The van der Waals surface area contributed by atoms with Gasteiger partial charge in [-0.1, -0.05) is 139 Å². The van der Waals surface area contributed by atoms with E-state index in [9.17, 15) is 0 Å². The quantitative estimate of drug-likeness (QED) is 0.169. The summed E-state index contributed by atoms with van der Waals surface area (Å²) in [5.41, 5.74) is 20.7. The minimum Gasteiger partial charge on any atom is -0.456 e. The van der Waals surface area contributed by atoms with Gasteiger partial charge in [-0.2, -0.15) is 0 Å². The highest BCUT2D eigenvalue weighted by atomic mass is 16.5. The van der Waals surface area contributed by atoms with Crippen molar-refractivity contribution in [3.63, 3.8) is 0 Å². The molecule has 2 aliphatic carbocycles. The molecule has 0 atom stereocenters. The molecule has 254 valence electrons. The highest BCUT2D eigenvalue weighted by Crippen LogP contribution is 2.64. The Bertz CT molecular complexity index is 2630. The van der Waals surface area contributed by atoms with E-state index in [1.54, 1.807) is 0 Å². The van der Waals surface area contributed by atoms with Gasteiger partial charge in [0.1, 0.15) is 11.5 Å². The third-order valence-corrected chi connectivity index (χ3v) is 12.3. The summed E-state index contributed by atoms with van der Waals surface area (Å²) in [6.45, 7) is 18.3. The molecule has 1 spiro atoms. The molecule has 10 rings (SSSR count). The molecule has 1 nitrogen and oxygen atoms in total. The van der Waals surface area contributed by atoms with Crippen LogP contribution < -0.4 is 4.74 Å². The number of fused-ring (bicyclic) bond motifs is 12. The number of ether oxygens (including phenoxy) is 1. The van der Waals surface area contributed by atoms with E-state index in [4.69, 9.17) is 4.74 Å². The van der Waals surface area contributed by atoms with Crippen LogP contribution in [0.5, 0.6) is 11.5 Å². The van der Waals surface area contributed by atoms with E-state index >= 15 is 0 Å². The van der Waals surface area contributed by atoms with Crippen LogP contribution >= 0.6 is 0 Å². The molecule has 0 saturated carbocycles. The molecule has 0 N–H and O–H groups in total. The molecule has 7 aromatic rings. The number of hydrogen-bond donors (Lipinski definition) is 0. The Labute approximate surface area is 308 Å². The van der Waals surface area contributed by atoms with Crippen molar-refractivity contribution in [1.82, 2.24) is 0 Å². The summed E-state index contributed by atoms with van der Waals surface area (Å²) >= 11 is 0. The van der Waals surface area contributed by atoms with Gasteiger partial charge in [0.2, 0.25) is 0 Å². The maximum absolute atomic E-state index is 6.62. The topological polar surface area (TPSA) is 9.23 Å². The highest BCUT2D eigenvalue weighted by molar-refractivity contribution is 6.10. The van der Waals surface area contributed by atoms with Crippen LogP contribution in [0.25, 0.3) is 55.3 Å². The van der Waals surface area contributed by atoms with E-state index in [0.29, 0.717) is 0 Å². The molecule has 0 radical (unpaired) electrons. The Morgan fingerprint density at radius 3 is 1.65 bits per heavy atom. The van der Waals surface area contributed by atoms with Crippen LogP contribution in [-0.4, -0.2) is 0 Å². The van der Waals surface area contributed by atoms with Crippen molar-refractivity contribution in [3.05, 3.63) is 166 Å². The van der Waals surface area contributed by atoms with Crippen LogP contribution in [0.15, 0.2) is 121 Å². The summed E-state index contributed by atoms with van der Waals surface area (Å²) in [5, 5.41) is 2.41. The van der Waals surface area contributed by atoms with Gasteiger partial charge < -0.3 is 4.74 Å². The van der Waals surface area contributed by atoms with Crippen LogP contribution in [0, 0.1) is 13.8 Å². The number of hydrogen-bond acceptors (Lipinski definition) is 1. The first-order valence-corrected chi connectivity index (χ1v) is 18.8. The minimum atomic E-state index is -0.432. The van der Waals surface area contributed by atoms with Gasteiger partial charge >= 0.3 is 0 Å². The standard InChI is InChI=1S/C51H44O/c1-29-24-41-40-14-11-13-39-34(22-23-46(48(39)40)52-47(41)25-30(29)2)31-16-19-36-35-12-9-10-15-42(35)51(43(36)26-31)44-27-32(49(3,4)5)17-20-37(44)38-21-18-33(28-45(38)51)50(6,7)8/h9-28H,1-8H3. The summed E-state index contributed by atoms with van der Waals surface area (Å²) in [4.78, 5) is 0. The van der Waals surface area contributed by atoms with Crippen LogP contribution in [-0.2, 0) is 16.2 Å². The zero-order valence-electron chi connectivity index (χ0n) is 31.5. The fraction of sp³-hybridized carbons (Fsp3) is 0.216. The first kappa shape index (κ1) is 31.3. The Balaban J connectivity index is 1.27. The van der Waals surface area contributed by atoms with Crippen molar-refractivity contribution in [2.24, 2.45) is 0 Å². The molecule has 7 aromatic carbocycles. The molecular formula is C51H44O. The smallest absolute Gasteiger partial charge is 0.135 e. The Morgan fingerprint density at radius 2 is 0.981 bits per heavy atom. The van der Waals surface area contributed by atoms with Crippen molar-refractivity contribution in [3.8, 4) is 56.0 Å². The maximum Gasteiger partial charge on any atom is 0.135 e. The van der Waals surface area contributed by atoms with E-state index in [1.165, 1.54) is 99.8 Å². The van der Waals surface area contributed by atoms with Gasteiger partial charge in [0.15, 0.2) is 0 Å². The molecule has 0 saturated heterocycles. The molecular weight excluding hydrogens is 629 g/mol. The summed E-state index contributed by atoms with van der Waals surface area (Å²) in [5.74, 6) is 1.87. The second kappa shape index (κ2) is 10.4. The molecule has 0 bridgehead atoms. The molecule has 52 heavy (non-hydrogen) atoms. The Morgan fingerprint density at radius 1 is 0.423 bits per heavy atom. The lowest BCUT2D eigenvalue weighted by Crippen LogP contribution is -2.27. The molecule has 0 fully saturated rings. The van der Waals surface area contributed by atoms with Crippen molar-refractivity contribution < 1.29 is 4.74 Å². The molecule has 1 aliphatic heterocycles. The Hall–Kier alpha value is -5.40. The van der Waals surface area contributed by atoms with E-state index in [2.05, 4.69) is 177 Å². The summed E-state index contributed by atoms with van der Waals surface area (Å²) in [6, 6.07) is 46.7. The summed E-state index contributed by atoms with van der Waals surface area (Å²) in [6.07, 6.45) is 0. The predicted molar refractivity (Wildman–Crippen MR) is 218 cm³/mol. The first-order chi connectivity index (χ1) is 24.9. The third-order valence-electron chi connectivity index (χ3n) is 12.3. The van der Waals surface area contributed by atoms with Crippen LogP contribution in [0.3, 0.4) is 0 Å². The average molecular weight is 673 g/mol. The van der Waals surface area contributed by atoms with Crippen molar-refractivity contribution in [2.45, 2.75) is 71.6 Å². The zero-order valence-corrected chi connectivity index (χ0v) is 31.5. The second-order valence-electron chi connectivity index (χ2n) is 17.5. The lowest BCUT2D eigenvalue weighted by atomic mass is 9.68. The van der Waals surface area contributed by atoms with Gasteiger partial charge in [0.05, 0.1) is 5.41 Å². The van der Waals surface area contributed by atoms with Crippen LogP contribution in [0.1, 0.15) is 86.1 Å². The normalized spacial score (nSPS) is 14.5. The average Bonchev–Trinajstić information content (AvgIpc) is 3.58. The SMILES string of the molecule is Cc1cc2c(cc1C)-c1cccc3c(-c4ccc5c(c4)C4(c6ccccc6-5)c5cc(C(C)(C)C)ccc5-c5ccc(C(C)(C)C)cc54)ccc(c13)O2. The molecule has 0 aromatic heterocycles. The van der Waals surface area contributed by atoms with E-state index in [1.807, 2.05) is 0 Å². The fourth-order valence-corrected chi connectivity index (χ4v) is 9.42. The number of benzene rings is 7. The lowest BCUT2D eigenvalue weighted by Gasteiger charge is -2.33. The molecule has 1 heterocycles. The molecule has 0 unspecified atom stereocenters. The van der Waals surface area contributed by atoms with Crippen LogP contribution in [0.2, 0.25) is 0 Å². The summed E-state index contributed by atoms with van der Waals surface area (Å²) in [7, 11) is 0. The van der Waals surface area contributed by atoms with Gasteiger partial charge in [-0.25, -0.2) is 0 Å². The second-order valence-corrected chi connectivity index (χ2v) is 17.5. The Kier molecular flexibility index (Phi) is 6.24. The summed E-state index contributed by atoms with van der Waals surface area (Å²) < 4.78 is 6.62. The largest absolute Gasteiger partial charge is 0.456 e. The van der Waals surface area contributed by atoms with E-state index < -0.39 is 5.41 Å². The minimum absolute atomic E-state index is 0.0195. The van der Waals surface area contributed by atoms with Gasteiger partial charge in [-0.15, -0.1) is 0 Å². The van der Waals surface area contributed by atoms with Gasteiger partial charge in [-0.05, 0) is 138 Å². The molecule has 1 heteroatoms. The predicted octanol–water partition coefficient (Wildman–Crippen LogP) is 13.8. The highest BCUT2D eigenvalue weighted by Gasteiger charge is 2.52. The van der Waals surface area contributed by atoms with Crippen LogP contribution in [0.4, 0.5) is 0 Å².